The van der Waals surface area contributed by atoms with Gasteiger partial charge in [0.2, 0.25) is 5.91 Å². The molecule has 0 aliphatic carbocycles. The predicted octanol–water partition coefficient (Wildman–Crippen LogP) is 2.20. The van der Waals surface area contributed by atoms with E-state index in [4.69, 9.17) is 0 Å². The highest BCUT2D eigenvalue weighted by atomic mass is 19.4. The lowest BCUT2D eigenvalue weighted by Gasteiger charge is -2.19. The van der Waals surface area contributed by atoms with Gasteiger partial charge in [0.25, 0.3) is 0 Å². The standard InChI is InChI=1S/C15H21F3N2O2/c1-12(10-22-11-15(16,17)18)19-14(21)9-20(2)8-13-6-4-3-5-7-13/h3-7,12H,8-11H2,1-2H3,(H,19,21)/t12-/m0/s1. The molecule has 1 aromatic carbocycles. The van der Waals surface area contributed by atoms with Crippen LogP contribution in [0.25, 0.3) is 0 Å². The Kier molecular flexibility index (Phi) is 7.34. The monoisotopic (exact) mass is 318 g/mol. The number of hydrogen-bond donors (Lipinski definition) is 1. The number of rotatable bonds is 8. The molecule has 1 amide bonds. The number of hydrogen-bond acceptors (Lipinski definition) is 3. The lowest BCUT2D eigenvalue weighted by atomic mass is 10.2. The van der Waals surface area contributed by atoms with Gasteiger partial charge in [0, 0.05) is 12.6 Å². The maximum atomic E-state index is 11.9. The molecule has 0 spiro atoms. The fraction of sp³-hybridized carbons (Fsp3) is 0.533. The second kappa shape index (κ2) is 8.75. The molecule has 1 aromatic rings. The van der Waals surface area contributed by atoms with Crippen LogP contribution in [0.2, 0.25) is 0 Å². The molecule has 0 aromatic heterocycles. The lowest BCUT2D eigenvalue weighted by molar-refractivity contribution is -0.175. The van der Waals surface area contributed by atoms with Crippen molar-refractivity contribution in [3.05, 3.63) is 35.9 Å². The summed E-state index contributed by atoms with van der Waals surface area (Å²) in [4.78, 5) is 13.6. The Morgan fingerprint density at radius 1 is 1.32 bits per heavy atom. The molecule has 0 radical (unpaired) electrons. The van der Waals surface area contributed by atoms with Crippen molar-refractivity contribution in [2.45, 2.75) is 25.7 Å². The fourth-order valence-corrected chi connectivity index (χ4v) is 1.91. The van der Waals surface area contributed by atoms with E-state index in [-0.39, 0.29) is 19.1 Å². The van der Waals surface area contributed by atoms with Crippen LogP contribution in [0, 0.1) is 0 Å². The number of carbonyl (C=O) groups excluding carboxylic acids is 1. The Bertz CT molecular complexity index is 452. The number of halogens is 3. The van der Waals surface area contributed by atoms with Crippen LogP contribution < -0.4 is 5.32 Å². The second-order valence-electron chi connectivity index (χ2n) is 5.26. The highest BCUT2D eigenvalue weighted by Crippen LogP contribution is 2.14. The topological polar surface area (TPSA) is 41.6 Å². The van der Waals surface area contributed by atoms with Gasteiger partial charge in [-0.25, -0.2) is 0 Å². The van der Waals surface area contributed by atoms with Crippen molar-refractivity contribution < 1.29 is 22.7 Å². The molecule has 22 heavy (non-hydrogen) atoms. The van der Waals surface area contributed by atoms with Gasteiger partial charge in [-0.2, -0.15) is 13.2 Å². The smallest absolute Gasteiger partial charge is 0.370 e. The molecule has 0 unspecified atom stereocenters. The summed E-state index contributed by atoms with van der Waals surface area (Å²) in [5.74, 6) is -0.249. The summed E-state index contributed by atoms with van der Waals surface area (Å²) < 4.78 is 40.3. The van der Waals surface area contributed by atoms with E-state index >= 15 is 0 Å². The third kappa shape index (κ3) is 8.63. The minimum Gasteiger partial charge on any atom is -0.370 e. The highest BCUT2D eigenvalue weighted by molar-refractivity contribution is 5.78. The predicted molar refractivity (Wildman–Crippen MR) is 77.3 cm³/mol. The van der Waals surface area contributed by atoms with Gasteiger partial charge in [-0.3, -0.25) is 9.69 Å². The molecule has 0 bridgehead atoms. The number of ether oxygens (including phenoxy) is 1. The van der Waals surface area contributed by atoms with Gasteiger partial charge in [-0.15, -0.1) is 0 Å². The van der Waals surface area contributed by atoms with E-state index in [9.17, 15) is 18.0 Å². The first-order chi connectivity index (χ1) is 10.3. The molecule has 0 fully saturated rings. The average Bonchev–Trinajstić information content (AvgIpc) is 2.37. The normalized spacial score (nSPS) is 13.2. The quantitative estimate of drug-likeness (QED) is 0.799. The van der Waals surface area contributed by atoms with Crippen LogP contribution in [0.4, 0.5) is 13.2 Å². The zero-order valence-corrected chi connectivity index (χ0v) is 12.7. The van der Waals surface area contributed by atoms with Crippen LogP contribution >= 0.6 is 0 Å². The summed E-state index contributed by atoms with van der Waals surface area (Å²) in [5.41, 5.74) is 1.08. The van der Waals surface area contributed by atoms with Crippen molar-refractivity contribution in [2.24, 2.45) is 0 Å². The van der Waals surface area contributed by atoms with E-state index in [1.54, 1.807) is 14.0 Å². The van der Waals surface area contributed by atoms with E-state index in [1.165, 1.54) is 0 Å². The number of nitrogens with one attached hydrogen (secondary N) is 1. The van der Waals surface area contributed by atoms with Crippen LogP contribution in [-0.2, 0) is 16.1 Å². The number of nitrogens with zero attached hydrogens (tertiary/aromatic N) is 1. The first-order valence-electron chi connectivity index (χ1n) is 6.92. The van der Waals surface area contributed by atoms with E-state index in [0.717, 1.165) is 5.56 Å². The third-order valence-electron chi connectivity index (χ3n) is 2.75. The fourth-order valence-electron chi connectivity index (χ4n) is 1.91. The van der Waals surface area contributed by atoms with E-state index in [0.29, 0.717) is 6.54 Å². The van der Waals surface area contributed by atoms with Crippen molar-refractivity contribution in [3.8, 4) is 0 Å². The minimum absolute atomic E-state index is 0.165. The molecule has 1 rings (SSSR count). The molecule has 124 valence electrons. The Labute approximate surface area is 128 Å². The van der Waals surface area contributed by atoms with Crippen LogP contribution in [0.5, 0.6) is 0 Å². The first kappa shape index (κ1) is 18.4. The van der Waals surface area contributed by atoms with Gasteiger partial charge in [0.15, 0.2) is 0 Å². The summed E-state index contributed by atoms with van der Waals surface area (Å²) in [5, 5.41) is 2.61. The zero-order valence-electron chi connectivity index (χ0n) is 12.7. The Balaban J connectivity index is 2.24. The van der Waals surface area contributed by atoms with Crippen LogP contribution in [-0.4, -0.2) is 49.8 Å². The molecular formula is C15H21F3N2O2. The molecule has 0 saturated carbocycles. The van der Waals surface area contributed by atoms with Crippen molar-refractivity contribution >= 4 is 5.91 Å². The van der Waals surface area contributed by atoms with Crippen molar-refractivity contribution in [1.82, 2.24) is 10.2 Å². The van der Waals surface area contributed by atoms with Crippen molar-refractivity contribution in [1.29, 1.82) is 0 Å². The van der Waals surface area contributed by atoms with Crippen LogP contribution in [0.1, 0.15) is 12.5 Å². The Morgan fingerprint density at radius 3 is 2.55 bits per heavy atom. The number of amides is 1. The summed E-state index contributed by atoms with van der Waals surface area (Å²) in [7, 11) is 1.80. The summed E-state index contributed by atoms with van der Waals surface area (Å²) in [6.07, 6.45) is -4.35. The number of likely N-dealkylation sites (N-methyl/N-ethyl adjacent to an activating group) is 1. The Morgan fingerprint density at radius 2 is 1.95 bits per heavy atom. The van der Waals surface area contributed by atoms with Crippen molar-refractivity contribution in [2.75, 3.05) is 26.8 Å². The van der Waals surface area contributed by atoms with E-state index in [2.05, 4.69) is 10.1 Å². The maximum absolute atomic E-state index is 11.9. The van der Waals surface area contributed by atoms with Gasteiger partial charge in [0.05, 0.1) is 13.2 Å². The molecule has 4 nitrogen and oxygen atoms in total. The largest absolute Gasteiger partial charge is 0.411 e. The highest BCUT2D eigenvalue weighted by Gasteiger charge is 2.27. The summed E-state index contributed by atoms with van der Waals surface area (Å²) in [6.45, 7) is 0.909. The summed E-state index contributed by atoms with van der Waals surface area (Å²) in [6, 6.07) is 9.20. The molecular weight excluding hydrogens is 297 g/mol. The lowest BCUT2D eigenvalue weighted by Crippen LogP contribution is -2.41. The first-order valence-corrected chi connectivity index (χ1v) is 6.92. The molecule has 1 atom stereocenters. The van der Waals surface area contributed by atoms with E-state index in [1.807, 2.05) is 35.2 Å². The SMILES string of the molecule is C[C@@H](COCC(F)(F)F)NC(=O)CN(C)Cc1ccccc1. The average molecular weight is 318 g/mol. The van der Waals surface area contributed by atoms with Crippen LogP contribution in [0.15, 0.2) is 30.3 Å². The van der Waals surface area contributed by atoms with Gasteiger partial charge in [0.1, 0.15) is 6.61 Å². The number of benzene rings is 1. The van der Waals surface area contributed by atoms with Crippen LogP contribution in [0.3, 0.4) is 0 Å². The minimum atomic E-state index is -4.35. The molecule has 0 heterocycles. The maximum Gasteiger partial charge on any atom is 0.411 e. The second-order valence-corrected chi connectivity index (χ2v) is 5.26. The number of carbonyl (C=O) groups is 1. The molecule has 0 aliphatic rings. The number of alkyl halides is 3. The van der Waals surface area contributed by atoms with Gasteiger partial charge >= 0.3 is 6.18 Å². The van der Waals surface area contributed by atoms with Gasteiger partial charge < -0.3 is 10.1 Å². The van der Waals surface area contributed by atoms with Gasteiger partial charge in [-0.05, 0) is 19.5 Å². The Hall–Kier alpha value is -1.60. The molecule has 1 N–H and O–H groups in total. The van der Waals surface area contributed by atoms with Gasteiger partial charge in [-0.1, -0.05) is 30.3 Å². The molecule has 7 heteroatoms. The van der Waals surface area contributed by atoms with E-state index < -0.39 is 18.8 Å². The molecule has 0 saturated heterocycles. The summed E-state index contributed by atoms with van der Waals surface area (Å²) >= 11 is 0. The molecule has 0 aliphatic heterocycles. The van der Waals surface area contributed by atoms with Crippen molar-refractivity contribution in [3.63, 3.8) is 0 Å². The third-order valence-corrected chi connectivity index (χ3v) is 2.75. The zero-order chi connectivity index (χ0) is 16.6.